The second-order valence-corrected chi connectivity index (χ2v) is 12.3. The molecule has 4 bridgehead atoms. The van der Waals surface area contributed by atoms with Gasteiger partial charge in [0.1, 0.15) is 12.3 Å². The summed E-state index contributed by atoms with van der Waals surface area (Å²) in [6, 6.07) is 13.7. The fourth-order valence-corrected chi connectivity index (χ4v) is 8.23. The molecule has 4 aliphatic carbocycles. The molecule has 0 atom stereocenters. The van der Waals surface area contributed by atoms with Gasteiger partial charge < -0.3 is 10.1 Å². The Morgan fingerprint density at radius 2 is 1.70 bits per heavy atom. The summed E-state index contributed by atoms with van der Waals surface area (Å²) >= 11 is 0.874. The molecule has 1 N–H and O–H groups in total. The standard InChI is InChI=1S/C30H32N2O4S/c1-18-3-6-24(7-4-18)31-27(33)17-32-28(34)26(37-29(32)35)13-22-12-23(5-8-25(22)36-2)30-14-19-9-20(15-30)11-21(10-19)16-30/h3-8,12-13,19-21H,9-11,14-17H2,1-2H3,(H,31,33)/b26-13+. The largest absolute Gasteiger partial charge is 0.496 e. The number of carbonyl (C=O) groups is 3. The maximum Gasteiger partial charge on any atom is 0.294 e. The highest BCUT2D eigenvalue weighted by atomic mass is 32.2. The first-order valence-corrected chi connectivity index (χ1v) is 13.9. The molecule has 5 aliphatic rings. The molecule has 37 heavy (non-hydrogen) atoms. The van der Waals surface area contributed by atoms with E-state index in [1.807, 2.05) is 25.1 Å². The number of nitrogens with one attached hydrogen (secondary N) is 1. The summed E-state index contributed by atoms with van der Waals surface area (Å²) in [5, 5.41) is 2.32. The summed E-state index contributed by atoms with van der Waals surface area (Å²) in [5.74, 6) is 2.32. The van der Waals surface area contributed by atoms with Gasteiger partial charge in [-0.25, -0.2) is 0 Å². The predicted molar refractivity (Wildman–Crippen MR) is 145 cm³/mol. The molecule has 1 saturated heterocycles. The molecule has 5 fully saturated rings. The minimum Gasteiger partial charge on any atom is -0.496 e. The number of nitrogens with zero attached hydrogens (tertiary/aromatic N) is 1. The minimum atomic E-state index is -0.448. The lowest BCUT2D eigenvalue weighted by atomic mass is 9.48. The van der Waals surface area contributed by atoms with Crippen molar-refractivity contribution in [2.75, 3.05) is 19.0 Å². The predicted octanol–water partition coefficient (Wildman–Crippen LogP) is 6.15. The Balaban J connectivity index is 1.22. The van der Waals surface area contributed by atoms with E-state index in [4.69, 9.17) is 4.74 Å². The van der Waals surface area contributed by atoms with Crippen LogP contribution in [-0.2, 0) is 15.0 Å². The smallest absolute Gasteiger partial charge is 0.294 e. The van der Waals surface area contributed by atoms with Gasteiger partial charge in [0.2, 0.25) is 5.91 Å². The molecule has 3 amide bonds. The second kappa shape index (κ2) is 9.35. The van der Waals surface area contributed by atoms with Gasteiger partial charge in [0, 0.05) is 11.3 Å². The number of benzene rings is 2. The van der Waals surface area contributed by atoms with Crippen molar-refractivity contribution in [2.24, 2.45) is 17.8 Å². The molecule has 192 valence electrons. The van der Waals surface area contributed by atoms with Crippen molar-refractivity contribution in [1.82, 2.24) is 4.90 Å². The zero-order valence-electron chi connectivity index (χ0n) is 21.3. The number of hydrogen-bond acceptors (Lipinski definition) is 5. The van der Waals surface area contributed by atoms with Crippen LogP contribution in [0.15, 0.2) is 47.4 Å². The van der Waals surface area contributed by atoms with Gasteiger partial charge in [-0.05, 0) is 116 Å². The number of hydrogen-bond donors (Lipinski definition) is 1. The Morgan fingerprint density at radius 1 is 1.05 bits per heavy atom. The summed E-state index contributed by atoms with van der Waals surface area (Å²) < 4.78 is 5.63. The maximum absolute atomic E-state index is 13.2. The number of methoxy groups -OCH3 is 1. The van der Waals surface area contributed by atoms with Crippen molar-refractivity contribution >= 4 is 40.6 Å². The first kappa shape index (κ1) is 24.3. The van der Waals surface area contributed by atoms with Crippen LogP contribution >= 0.6 is 11.8 Å². The van der Waals surface area contributed by atoms with E-state index < -0.39 is 17.1 Å². The van der Waals surface area contributed by atoms with Crippen LogP contribution in [0.3, 0.4) is 0 Å². The van der Waals surface area contributed by atoms with Gasteiger partial charge in [-0.2, -0.15) is 0 Å². The first-order chi connectivity index (χ1) is 17.8. The molecular formula is C30H32N2O4S. The van der Waals surface area contributed by atoms with Gasteiger partial charge in [0.25, 0.3) is 11.1 Å². The Morgan fingerprint density at radius 3 is 2.32 bits per heavy atom. The number of aryl methyl sites for hydroxylation is 1. The Bertz CT molecular complexity index is 1260. The van der Waals surface area contributed by atoms with E-state index in [9.17, 15) is 14.4 Å². The molecule has 0 radical (unpaired) electrons. The quantitative estimate of drug-likeness (QED) is 0.466. The average Bonchev–Trinajstić information content (AvgIpc) is 3.12. The minimum absolute atomic E-state index is 0.219. The number of ether oxygens (including phenoxy) is 1. The van der Waals surface area contributed by atoms with Crippen LogP contribution in [0.5, 0.6) is 5.75 Å². The van der Waals surface area contributed by atoms with Crippen LogP contribution in [0.2, 0.25) is 0 Å². The number of rotatable bonds is 6. The third kappa shape index (κ3) is 4.58. The highest BCUT2D eigenvalue weighted by Crippen LogP contribution is 2.61. The van der Waals surface area contributed by atoms with Crippen LogP contribution in [-0.4, -0.2) is 35.6 Å². The number of thioether (sulfide) groups is 1. The summed E-state index contributed by atoms with van der Waals surface area (Å²) in [4.78, 5) is 39.7. The van der Waals surface area contributed by atoms with E-state index in [-0.39, 0.29) is 12.0 Å². The van der Waals surface area contributed by atoms with Crippen molar-refractivity contribution in [1.29, 1.82) is 0 Å². The number of carbonyl (C=O) groups excluding carboxylic acids is 3. The average molecular weight is 517 g/mol. The van der Waals surface area contributed by atoms with Crippen LogP contribution in [0, 0.1) is 24.7 Å². The van der Waals surface area contributed by atoms with Gasteiger partial charge in [-0.15, -0.1) is 0 Å². The van der Waals surface area contributed by atoms with E-state index in [0.29, 0.717) is 16.3 Å². The lowest BCUT2D eigenvalue weighted by Crippen LogP contribution is -2.48. The van der Waals surface area contributed by atoms with Crippen molar-refractivity contribution in [3.63, 3.8) is 0 Å². The number of anilines is 1. The summed E-state index contributed by atoms with van der Waals surface area (Å²) in [7, 11) is 1.62. The van der Waals surface area contributed by atoms with Gasteiger partial charge in [-0.3, -0.25) is 19.3 Å². The fourth-order valence-electron chi connectivity index (χ4n) is 7.40. The molecule has 1 heterocycles. The van der Waals surface area contributed by atoms with Crippen LogP contribution in [0.25, 0.3) is 6.08 Å². The second-order valence-electron chi connectivity index (χ2n) is 11.3. The summed E-state index contributed by atoms with van der Waals surface area (Å²) in [6.45, 7) is 1.65. The van der Waals surface area contributed by atoms with E-state index in [0.717, 1.165) is 45.5 Å². The fraction of sp³-hybridized carbons (Fsp3) is 0.433. The van der Waals surface area contributed by atoms with Crippen LogP contribution in [0.1, 0.15) is 55.2 Å². The van der Waals surface area contributed by atoms with E-state index in [2.05, 4.69) is 17.4 Å². The molecule has 4 saturated carbocycles. The van der Waals surface area contributed by atoms with Gasteiger partial charge in [-0.1, -0.05) is 23.8 Å². The van der Waals surface area contributed by atoms with Gasteiger partial charge >= 0.3 is 0 Å². The zero-order chi connectivity index (χ0) is 25.7. The highest BCUT2D eigenvalue weighted by molar-refractivity contribution is 8.18. The molecule has 0 aromatic heterocycles. The van der Waals surface area contributed by atoms with E-state index >= 15 is 0 Å². The van der Waals surface area contributed by atoms with Crippen LogP contribution in [0.4, 0.5) is 10.5 Å². The molecule has 0 unspecified atom stereocenters. The molecule has 7 rings (SSSR count). The molecule has 6 nitrogen and oxygen atoms in total. The van der Waals surface area contributed by atoms with Crippen molar-refractivity contribution in [3.05, 3.63) is 64.1 Å². The maximum atomic E-state index is 13.2. The number of amides is 3. The van der Waals surface area contributed by atoms with Gasteiger partial charge in [0.15, 0.2) is 0 Å². The number of imide groups is 1. The van der Waals surface area contributed by atoms with Crippen molar-refractivity contribution in [2.45, 2.75) is 50.9 Å². The lowest BCUT2D eigenvalue weighted by molar-refractivity contribution is -0.127. The van der Waals surface area contributed by atoms with Crippen molar-refractivity contribution in [3.8, 4) is 5.75 Å². The molecular weight excluding hydrogens is 484 g/mol. The highest BCUT2D eigenvalue weighted by Gasteiger charge is 2.51. The van der Waals surface area contributed by atoms with Gasteiger partial charge in [0.05, 0.1) is 12.0 Å². The third-order valence-electron chi connectivity index (χ3n) is 8.68. The monoisotopic (exact) mass is 516 g/mol. The third-order valence-corrected chi connectivity index (χ3v) is 9.58. The molecule has 0 spiro atoms. The molecule has 7 heteroatoms. The SMILES string of the molecule is COc1ccc(C23CC4CC(CC(C4)C2)C3)cc1/C=C1/SC(=O)N(CC(=O)Nc2ccc(C)cc2)C1=O. The zero-order valence-corrected chi connectivity index (χ0v) is 22.1. The Labute approximate surface area is 221 Å². The van der Waals surface area contributed by atoms with E-state index in [1.165, 1.54) is 44.1 Å². The van der Waals surface area contributed by atoms with E-state index in [1.54, 1.807) is 25.3 Å². The summed E-state index contributed by atoms with van der Waals surface area (Å²) in [5.41, 5.74) is 4.07. The lowest BCUT2D eigenvalue weighted by Gasteiger charge is -2.57. The Kier molecular flexibility index (Phi) is 6.14. The van der Waals surface area contributed by atoms with Crippen LogP contribution < -0.4 is 10.1 Å². The normalized spacial score (nSPS) is 29.3. The molecule has 2 aromatic carbocycles. The molecule has 1 aliphatic heterocycles. The summed E-state index contributed by atoms with van der Waals surface area (Å²) in [6.07, 6.45) is 9.64. The Hall–Kier alpha value is -3.06. The van der Waals surface area contributed by atoms with Crippen molar-refractivity contribution < 1.29 is 19.1 Å². The topological polar surface area (TPSA) is 75.7 Å². The first-order valence-electron chi connectivity index (χ1n) is 13.1. The molecule has 2 aromatic rings.